The van der Waals surface area contributed by atoms with Crippen molar-refractivity contribution in [2.75, 3.05) is 0 Å². The van der Waals surface area contributed by atoms with Gasteiger partial charge in [-0.2, -0.15) is 0 Å². The Bertz CT molecular complexity index is 912. The van der Waals surface area contributed by atoms with Gasteiger partial charge in [-0.1, -0.05) is 24.3 Å². The Kier molecular flexibility index (Phi) is 5.83. The summed E-state index contributed by atoms with van der Waals surface area (Å²) in [5.41, 5.74) is 0.761. The van der Waals surface area contributed by atoms with Crippen molar-refractivity contribution in [3.63, 3.8) is 0 Å². The molecule has 2 rings (SSSR count). The van der Waals surface area contributed by atoms with Crippen molar-refractivity contribution in [3.05, 3.63) is 82.1 Å². The van der Waals surface area contributed by atoms with Crippen molar-refractivity contribution in [2.45, 2.75) is 0 Å². The van der Waals surface area contributed by atoms with Crippen LogP contribution in [0.25, 0.3) is 12.2 Å². The summed E-state index contributed by atoms with van der Waals surface area (Å²) in [7, 11) is -8.56. The largest absolute Gasteiger partial charge is 0.246 e. The molecule has 0 unspecified atom stereocenters. The van der Waals surface area contributed by atoms with E-state index in [2.05, 4.69) is 0 Å². The summed E-state index contributed by atoms with van der Waals surface area (Å²) in [5, 5.41) is 1.31. The average molecular weight is 385 g/mol. The van der Waals surface area contributed by atoms with Crippen molar-refractivity contribution in [1.82, 2.24) is 4.13 Å². The second-order valence-corrected chi connectivity index (χ2v) is 8.27. The molecule has 25 heavy (non-hydrogen) atoms. The first kappa shape index (κ1) is 19.0. The van der Waals surface area contributed by atoms with Crippen LogP contribution in [0, 0.1) is 11.6 Å². The Morgan fingerprint density at radius 2 is 0.960 bits per heavy atom. The number of nitrogens with one attached hydrogen (secondary N) is 1. The predicted octanol–water partition coefficient (Wildman–Crippen LogP) is 2.86. The highest BCUT2D eigenvalue weighted by Crippen LogP contribution is 2.08. The van der Waals surface area contributed by atoms with Crippen LogP contribution in [0.2, 0.25) is 0 Å². The Labute approximate surface area is 144 Å². The van der Waals surface area contributed by atoms with E-state index >= 15 is 0 Å². The maximum atomic E-state index is 12.8. The van der Waals surface area contributed by atoms with Crippen LogP contribution < -0.4 is 4.13 Å². The molecular weight excluding hydrogens is 372 g/mol. The van der Waals surface area contributed by atoms with Gasteiger partial charge >= 0.3 is 0 Å². The lowest BCUT2D eigenvalue weighted by atomic mass is 10.2. The zero-order valence-corrected chi connectivity index (χ0v) is 14.3. The van der Waals surface area contributed by atoms with Gasteiger partial charge in [0.1, 0.15) is 11.6 Å². The summed E-state index contributed by atoms with van der Waals surface area (Å²) >= 11 is 0. The third kappa shape index (κ3) is 6.57. The molecule has 0 atom stereocenters. The molecule has 0 amide bonds. The van der Waals surface area contributed by atoms with Gasteiger partial charge in [0.15, 0.2) is 0 Å². The van der Waals surface area contributed by atoms with E-state index in [4.69, 9.17) is 0 Å². The van der Waals surface area contributed by atoms with Crippen LogP contribution in [0.15, 0.2) is 59.3 Å². The highest BCUT2D eigenvalue weighted by atomic mass is 32.3. The summed E-state index contributed by atoms with van der Waals surface area (Å²) in [6.45, 7) is 0. The molecule has 132 valence electrons. The van der Waals surface area contributed by atoms with Crippen LogP contribution in [0.1, 0.15) is 11.1 Å². The standard InChI is InChI=1S/C16H13F2NO4S2/c17-15-5-1-13(2-6-15)9-11-24(20,21)19-25(22,23)12-10-14-3-7-16(18)8-4-14/h1-12,19H/b11-9-,12-10+. The second-order valence-electron chi connectivity index (χ2n) is 4.88. The van der Waals surface area contributed by atoms with Crippen LogP contribution in [-0.4, -0.2) is 16.8 Å². The van der Waals surface area contributed by atoms with Crippen molar-refractivity contribution >= 4 is 32.2 Å². The Balaban J connectivity index is 2.09. The average Bonchev–Trinajstić information content (AvgIpc) is 2.53. The number of rotatable bonds is 6. The Hall–Kier alpha value is -2.36. The Morgan fingerprint density at radius 1 is 0.640 bits per heavy atom. The van der Waals surface area contributed by atoms with Crippen LogP contribution in [0.4, 0.5) is 8.78 Å². The number of sulfonamides is 2. The van der Waals surface area contributed by atoms with Crippen LogP contribution in [-0.2, 0) is 20.0 Å². The fourth-order valence-electron chi connectivity index (χ4n) is 1.70. The molecular formula is C16H13F2NO4S2. The maximum Gasteiger partial charge on any atom is 0.246 e. The van der Waals surface area contributed by atoms with E-state index in [1.165, 1.54) is 28.4 Å². The molecule has 1 N–H and O–H groups in total. The van der Waals surface area contributed by atoms with Crippen molar-refractivity contribution in [2.24, 2.45) is 0 Å². The molecule has 0 radical (unpaired) electrons. The lowest BCUT2D eigenvalue weighted by molar-refractivity contribution is 0.587. The molecule has 5 nitrogen and oxygen atoms in total. The highest BCUT2D eigenvalue weighted by molar-refractivity contribution is 8.07. The maximum absolute atomic E-state index is 12.8. The first-order valence-corrected chi connectivity index (χ1v) is 9.90. The zero-order chi connectivity index (χ0) is 18.5. The lowest BCUT2D eigenvalue weighted by Crippen LogP contribution is -2.26. The SMILES string of the molecule is O=S(=O)(/C=C\c1ccc(F)cc1)NS(=O)(=O)/C=C/c1ccc(F)cc1. The van der Waals surface area contributed by atoms with E-state index in [9.17, 15) is 25.6 Å². The van der Waals surface area contributed by atoms with Gasteiger partial charge < -0.3 is 0 Å². The smallest absolute Gasteiger partial charge is 0.207 e. The molecule has 2 aromatic carbocycles. The molecule has 0 aliphatic heterocycles. The minimum atomic E-state index is -4.28. The molecule has 0 aliphatic carbocycles. The van der Waals surface area contributed by atoms with Gasteiger partial charge in [-0.15, -0.1) is 4.13 Å². The van der Waals surface area contributed by atoms with Gasteiger partial charge in [-0.05, 0) is 47.5 Å². The molecule has 0 saturated heterocycles. The predicted molar refractivity (Wildman–Crippen MR) is 91.8 cm³/mol. The van der Waals surface area contributed by atoms with Crippen molar-refractivity contribution in [3.8, 4) is 0 Å². The van der Waals surface area contributed by atoms with E-state index in [0.717, 1.165) is 36.4 Å². The van der Waals surface area contributed by atoms with E-state index in [-0.39, 0.29) is 0 Å². The van der Waals surface area contributed by atoms with Crippen LogP contribution in [0.5, 0.6) is 0 Å². The molecule has 2 aromatic rings. The van der Waals surface area contributed by atoms with Gasteiger partial charge in [-0.25, -0.2) is 25.6 Å². The first-order chi connectivity index (χ1) is 11.7. The number of benzene rings is 2. The summed E-state index contributed by atoms with van der Waals surface area (Å²) in [4.78, 5) is 0. The summed E-state index contributed by atoms with van der Waals surface area (Å²) in [6.07, 6.45) is 2.25. The van der Waals surface area contributed by atoms with Gasteiger partial charge in [-0.3, -0.25) is 0 Å². The van der Waals surface area contributed by atoms with E-state index < -0.39 is 31.7 Å². The topological polar surface area (TPSA) is 80.3 Å². The molecule has 0 spiro atoms. The second kappa shape index (κ2) is 7.68. The fraction of sp³-hybridized carbons (Fsp3) is 0. The quantitative estimate of drug-likeness (QED) is 0.829. The number of hydrogen-bond donors (Lipinski definition) is 1. The monoisotopic (exact) mass is 385 g/mol. The van der Waals surface area contributed by atoms with Gasteiger partial charge in [0, 0.05) is 10.8 Å². The fourth-order valence-corrected chi connectivity index (χ4v) is 4.11. The lowest BCUT2D eigenvalue weighted by Gasteiger charge is -2.01. The Morgan fingerprint density at radius 3 is 1.28 bits per heavy atom. The van der Waals surface area contributed by atoms with Gasteiger partial charge in [0.05, 0.1) is 0 Å². The van der Waals surface area contributed by atoms with E-state index in [0.29, 0.717) is 21.9 Å². The molecule has 0 saturated carbocycles. The minimum Gasteiger partial charge on any atom is -0.207 e. The van der Waals surface area contributed by atoms with Gasteiger partial charge in [0.2, 0.25) is 20.0 Å². The molecule has 0 aliphatic rings. The first-order valence-electron chi connectivity index (χ1n) is 6.81. The highest BCUT2D eigenvalue weighted by Gasteiger charge is 2.15. The van der Waals surface area contributed by atoms with E-state index in [1.54, 1.807) is 0 Å². The molecule has 9 heteroatoms. The molecule has 0 aromatic heterocycles. The zero-order valence-electron chi connectivity index (χ0n) is 12.6. The van der Waals surface area contributed by atoms with Crippen LogP contribution in [0.3, 0.4) is 0 Å². The van der Waals surface area contributed by atoms with Crippen LogP contribution >= 0.6 is 0 Å². The normalized spacial score (nSPS) is 12.9. The third-order valence-electron chi connectivity index (χ3n) is 2.85. The van der Waals surface area contributed by atoms with Gasteiger partial charge in [0.25, 0.3) is 0 Å². The number of halogens is 2. The molecule has 0 bridgehead atoms. The summed E-state index contributed by atoms with van der Waals surface area (Å²) in [6, 6.07) is 9.91. The third-order valence-corrected chi connectivity index (χ3v) is 5.70. The minimum absolute atomic E-state index is 0.381. The van der Waals surface area contributed by atoms with Crippen molar-refractivity contribution in [1.29, 1.82) is 0 Å². The van der Waals surface area contributed by atoms with E-state index in [1.807, 2.05) is 0 Å². The van der Waals surface area contributed by atoms with Crippen molar-refractivity contribution < 1.29 is 25.6 Å². The molecule has 0 heterocycles. The summed E-state index contributed by atoms with van der Waals surface area (Å²) < 4.78 is 74.3. The number of hydrogen-bond acceptors (Lipinski definition) is 4. The molecule has 0 fully saturated rings. The summed E-state index contributed by atoms with van der Waals surface area (Å²) in [5.74, 6) is -0.960.